The first-order chi connectivity index (χ1) is 13.5. The Hall–Kier alpha value is -2.62. The van der Waals surface area contributed by atoms with Crippen LogP contribution >= 0.6 is 12.6 Å². The van der Waals surface area contributed by atoms with Crippen molar-refractivity contribution >= 4 is 42.1 Å². The lowest BCUT2D eigenvalue weighted by molar-refractivity contribution is -0.118. The van der Waals surface area contributed by atoms with Gasteiger partial charge in [0.1, 0.15) is 6.10 Å². The predicted molar refractivity (Wildman–Crippen MR) is 107 cm³/mol. The number of carbonyl (C=O) groups excluding carboxylic acids is 3. The largest absolute Gasteiger partial charge is 0.453 e. The van der Waals surface area contributed by atoms with Gasteiger partial charge < -0.3 is 24.6 Å². The molecule has 1 N–H and O–H groups in total. The molecule has 0 radical (unpaired) electrons. The van der Waals surface area contributed by atoms with Gasteiger partial charge in [0.15, 0.2) is 0 Å². The first-order valence-electron chi connectivity index (χ1n) is 9.05. The van der Waals surface area contributed by atoms with Gasteiger partial charge >= 0.3 is 12.2 Å². The molecule has 2 fully saturated rings. The van der Waals surface area contributed by atoms with E-state index in [-0.39, 0.29) is 30.4 Å². The Bertz CT molecular complexity index is 721. The highest BCUT2D eigenvalue weighted by molar-refractivity contribution is 7.81. The number of thiol groups is 1. The van der Waals surface area contributed by atoms with Crippen molar-refractivity contribution in [2.45, 2.75) is 6.10 Å². The number of hydrogen-bond donors (Lipinski definition) is 2. The Morgan fingerprint density at radius 1 is 1.18 bits per heavy atom. The molecular formula is C18H24N4O5S. The highest BCUT2D eigenvalue weighted by Crippen LogP contribution is 2.25. The molecule has 0 aromatic heterocycles. The topological polar surface area (TPSA) is 91.4 Å². The van der Waals surface area contributed by atoms with Crippen LogP contribution in [0.4, 0.5) is 21.0 Å². The molecule has 0 saturated carbocycles. The highest BCUT2D eigenvalue weighted by Gasteiger charge is 2.32. The Balaban J connectivity index is 1.55. The van der Waals surface area contributed by atoms with Crippen molar-refractivity contribution in [1.29, 1.82) is 0 Å². The van der Waals surface area contributed by atoms with Gasteiger partial charge in [0.05, 0.1) is 26.0 Å². The summed E-state index contributed by atoms with van der Waals surface area (Å²) >= 11 is 3.90. The quantitative estimate of drug-likeness (QED) is 0.705. The van der Waals surface area contributed by atoms with Gasteiger partial charge in [-0.1, -0.05) is 0 Å². The number of ether oxygens (including phenoxy) is 2. The minimum atomic E-state index is -0.426. The van der Waals surface area contributed by atoms with E-state index in [1.165, 1.54) is 7.11 Å². The highest BCUT2D eigenvalue weighted by atomic mass is 32.1. The van der Waals surface area contributed by atoms with Gasteiger partial charge in [-0.15, -0.1) is 0 Å². The van der Waals surface area contributed by atoms with E-state index >= 15 is 0 Å². The van der Waals surface area contributed by atoms with Crippen LogP contribution in [-0.2, 0) is 14.3 Å². The number of piperazine rings is 1. The van der Waals surface area contributed by atoms with E-state index in [1.807, 2.05) is 24.3 Å². The maximum atomic E-state index is 12.1. The number of cyclic esters (lactones) is 1. The number of anilines is 2. The molecule has 10 heteroatoms. The molecule has 2 heterocycles. The molecule has 28 heavy (non-hydrogen) atoms. The lowest BCUT2D eigenvalue weighted by Crippen LogP contribution is -2.48. The zero-order chi connectivity index (χ0) is 20.1. The van der Waals surface area contributed by atoms with E-state index < -0.39 is 6.09 Å². The summed E-state index contributed by atoms with van der Waals surface area (Å²) in [4.78, 5) is 40.4. The summed E-state index contributed by atoms with van der Waals surface area (Å²) in [5.41, 5.74) is 1.77. The molecule has 1 aromatic carbocycles. The third-order valence-electron chi connectivity index (χ3n) is 4.78. The molecule has 1 unspecified atom stereocenters. The molecule has 1 atom stereocenters. The smallest absolute Gasteiger partial charge is 0.414 e. The molecule has 0 bridgehead atoms. The van der Waals surface area contributed by atoms with Crippen molar-refractivity contribution in [2.24, 2.45) is 0 Å². The summed E-state index contributed by atoms with van der Waals surface area (Å²) in [5, 5.41) is 2.67. The van der Waals surface area contributed by atoms with Gasteiger partial charge in [-0.3, -0.25) is 9.69 Å². The summed E-state index contributed by atoms with van der Waals surface area (Å²) in [7, 11) is 1.38. The Kier molecular flexibility index (Phi) is 6.50. The third-order valence-corrected chi connectivity index (χ3v) is 5.07. The zero-order valence-electron chi connectivity index (χ0n) is 15.7. The fourth-order valence-corrected chi connectivity index (χ4v) is 3.35. The molecule has 2 aliphatic heterocycles. The summed E-state index contributed by atoms with van der Waals surface area (Å²) in [6.07, 6.45) is -1.12. The molecule has 0 aliphatic carbocycles. The standard InChI is InChI=1S/C18H24N4O5S/c1-26-17(24)21-8-6-20(7-9-21)13-2-4-14(5-3-13)22-11-15(27-18(22)25)10-19-16(23)12-28/h2-5,15,28H,6-12H2,1H3,(H,19,23). The molecular weight excluding hydrogens is 384 g/mol. The van der Waals surface area contributed by atoms with Crippen LogP contribution in [0, 0.1) is 0 Å². The molecule has 3 amide bonds. The van der Waals surface area contributed by atoms with Crippen LogP contribution in [0.2, 0.25) is 0 Å². The van der Waals surface area contributed by atoms with Crippen LogP contribution in [0.5, 0.6) is 0 Å². The Labute approximate surface area is 168 Å². The van der Waals surface area contributed by atoms with Crippen LogP contribution < -0.4 is 15.1 Å². The van der Waals surface area contributed by atoms with Crippen molar-refractivity contribution < 1.29 is 23.9 Å². The van der Waals surface area contributed by atoms with Crippen molar-refractivity contribution in [3.8, 4) is 0 Å². The lowest BCUT2D eigenvalue weighted by atomic mass is 10.2. The van der Waals surface area contributed by atoms with E-state index in [9.17, 15) is 14.4 Å². The summed E-state index contributed by atoms with van der Waals surface area (Å²) in [6, 6.07) is 7.65. The number of amides is 3. The van der Waals surface area contributed by atoms with Gasteiger partial charge in [0.2, 0.25) is 5.91 Å². The minimum Gasteiger partial charge on any atom is -0.453 e. The normalized spacial score (nSPS) is 19.4. The number of benzene rings is 1. The Morgan fingerprint density at radius 3 is 2.43 bits per heavy atom. The van der Waals surface area contributed by atoms with Crippen LogP contribution in [-0.4, -0.2) is 81.2 Å². The molecule has 3 rings (SSSR count). The van der Waals surface area contributed by atoms with Gasteiger partial charge in [0, 0.05) is 37.6 Å². The molecule has 2 saturated heterocycles. The number of rotatable bonds is 5. The SMILES string of the molecule is COC(=O)N1CCN(c2ccc(N3CC(CNC(=O)CS)OC3=O)cc2)CC1. The van der Waals surface area contributed by atoms with Crippen LogP contribution in [0.1, 0.15) is 0 Å². The molecule has 152 valence electrons. The number of carbonyl (C=O) groups is 3. The van der Waals surface area contributed by atoms with Crippen molar-refractivity contribution in [3.05, 3.63) is 24.3 Å². The number of methoxy groups -OCH3 is 1. The van der Waals surface area contributed by atoms with E-state index in [1.54, 1.807) is 9.80 Å². The van der Waals surface area contributed by atoms with Gasteiger partial charge in [-0.2, -0.15) is 12.6 Å². The summed E-state index contributed by atoms with van der Waals surface area (Å²) in [5.74, 6) is -0.103. The zero-order valence-corrected chi connectivity index (χ0v) is 16.6. The van der Waals surface area contributed by atoms with Crippen molar-refractivity contribution in [1.82, 2.24) is 10.2 Å². The number of nitrogens with zero attached hydrogens (tertiary/aromatic N) is 3. The average molecular weight is 408 g/mol. The van der Waals surface area contributed by atoms with Crippen molar-refractivity contribution in [3.63, 3.8) is 0 Å². The first kappa shape index (κ1) is 20.1. The average Bonchev–Trinajstić information content (AvgIpc) is 3.12. The Morgan fingerprint density at radius 2 is 1.82 bits per heavy atom. The summed E-state index contributed by atoms with van der Waals surface area (Å²) < 4.78 is 10.1. The predicted octanol–water partition coefficient (Wildman–Crippen LogP) is 0.946. The minimum absolute atomic E-state index is 0.0970. The molecule has 1 aromatic rings. The van der Waals surface area contributed by atoms with E-state index in [4.69, 9.17) is 9.47 Å². The molecule has 0 spiro atoms. The fraction of sp³-hybridized carbons (Fsp3) is 0.500. The monoisotopic (exact) mass is 408 g/mol. The molecule has 2 aliphatic rings. The maximum absolute atomic E-state index is 12.1. The second-order valence-corrected chi connectivity index (χ2v) is 6.86. The van der Waals surface area contributed by atoms with Crippen LogP contribution in [0.3, 0.4) is 0 Å². The van der Waals surface area contributed by atoms with Crippen LogP contribution in [0.25, 0.3) is 0 Å². The van der Waals surface area contributed by atoms with Crippen LogP contribution in [0.15, 0.2) is 24.3 Å². The van der Waals surface area contributed by atoms with E-state index in [0.29, 0.717) is 32.7 Å². The fourth-order valence-electron chi connectivity index (χ4n) is 3.24. The third kappa shape index (κ3) is 4.61. The maximum Gasteiger partial charge on any atom is 0.414 e. The summed E-state index contributed by atoms with van der Waals surface area (Å²) in [6.45, 7) is 3.28. The number of hydrogen-bond acceptors (Lipinski definition) is 7. The van der Waals surface area contributed by atoms with Gasteiger partial charge in [-0.25, -0.2) is 9.59 Å². The second-order valence-electron chi connectivity index (χ2n) is 6.54. The lowest BCUT2D eigenvalue weighted by Gasteiger charge is -2.35. The molecule has 9 nitrogen and oxygen atoms in total. The first-order valence-corrected chi connectivity index (χ1v) is 9.68. The van der Waals surface area contributed by atoms with Crippen molar-refractivity contribution in [2.75, 3.05) is 61.9 Å². The van der Waals surface area contributed by atoms with E-state index in [2.05, 4.69) is 22.8 Å². The van der Waals surface area contributed by atoms with Gasteiger partial charge in [0.25, 0.3) is 0 Å². The van der Waals surface area contributed by atoms with Gasteiger partial charge in [-0.05, 0) is 24.3 Å². The number of nitrogens with one attached hydrogen (secondary N) is 1. The second kappa shape index (κ2) is 9.05. The van der Waals surface area contributed by atoms with E-state index in [0.717, 1.165) is 11.4 Å².